The molecule has 1 aliphatic carbocycles. The lowest BCUT2D eigenvalue weighted by Gasteiger charge is -2.41. The highest BCUT2D eigenvalue weighted by molar-refractivity contribution is 7.18. The molecule has 1 aromatic heterocycles. The largest absolute Gasteiger partial charge is 0.397 e. The Balaban J connectivity index is 1.82. The first-order chi connectivity index (χ1) is 9.12. The average Bonchev–Trinajstić information content (AvgIpc) is 2.67. The second-order valence-electron chi connectivity index (χ2n) is 5.70. The minimum absolute atomic E-state index is 0.499. The average molecular weight is 275 g/mol. The number of thiazole rings is 1. The molecule has 0 amide bonds. The van der Waals surface area contributed by atoms with E-state index in [1.54, 1.807) is 11.3 Å². The molecule has 0 atom stereocenters. The van der Waals surface area contributed by atoms with Crippen LogP contribution in [0.2, 0.25) is 0 Å². The van der Waals surface area contributed by atoms with E-state index in [1.165, 1.54) is 30.4 Å². The molecule has 0 saturated heterocycles. The number of nitrogens with zero attached hydrogens (tertiary/aromatic N) is 1. The fraction of sp³-hybridized carbons (Fsp3) is 0.533. The Hall–Kier alpha value is -1.29. The molecule has 19 heavy (non-hydrogen) atoms. The van der Waals surface area contributed by atoms with Crippen LogP contribution in [0.1, 0.15) is 37.6 Å². The third-order valence-electron chi connectivity index (χ3n) is 4.48. The number of anilines is 2. The van der Waals surface area contributed by atoms with E-state index in [1.807, 2.05) is 13.0 Å². The molecule has 1 saturated carbocycles. The molecule has 1 heterocycles. The van der Waals surface area contributed by atoms with Crippen molar-refractivity contribution in [3.8, 4) is 0 Å². The highest BCUT2D eigenvalue weighted by Crippen LogP contribution is 2.44. The highest BCUT2D eigenvalue weighted by atomic mass is 32.1. The van der Waals surface area contributed by atoms with Crippen LogP contribution in [-0.4, -0.2) is 11.5 Å². The Kier molecular flexibility index (Phi) is 3.13. The molecule has 3 rings (SSSR count). The quantitative estimate of drug-likeness (QED) is 0.823. The van der Waals surface area contributed by atoms with E-state index in [9.17, 15) is 0 Å². The predicted octanol–water partition coefficient (Wildman–Crippen LogP) is 4.18. The van der Waals surface area contributed by atoms with Gasteiger partial charge >= 0.3 is 0 Å². The molecule has 1 aromatic carbocycles. The van der Waals surface area contributed by atoms with Crippen LogP contribution >= 0.6 is 11.3 Å². The van der Waals surface area contributed by atoms with Crippen LogP contribution in [0.5, 0.6) is 0 Å². The van der Waals surface area contributed by atoms with Gasteiger partial charge in [0.1, 0.15) is 0 Å². The summed E-state index contributed by atoms with van der Waals surface area (Å²) in [6.07, 6.45) is 5.30. The zero-order chi connectivity index (χ0) is 13.5. The first-order valence-corrected chi connectivity index (χ1v) is 7.84. The Morgan fingerprint density at radius 2 is 2.21 bits per heavy atom. The van der Waals surface area contributed by atoms with Gasteiger partial charge in [0.2, 0.25) is 0 Å². The van der Waals surface area contributed by atoms with Gasteiger partial charge < -0.3 is 11.1 Å². The van der Waals surface area contributed by atoms with Crippen molar-refractivity contribution in [2.45, 2.75) is 39.5 Å². The van der Waals surface area contributed by atoms with Gasteiger partial charge in [0, 0.05) is 6.54 Å². The summed E-state index contributed by atoms with van der Waals surface area (Å²) >= 11 is 1.70. The van der Waals surface area contributed by atoms with Crippen molar-refractivity contribution in [3.05, 3.63) is 17.1 Å². The van der Waals surface area contributed by atoms with Gasteiger partial charge in [-0.3, -0.25) is 0 Å². The third-order valence-corrected chi connectivity index (χ3v) is 5.42. The molecule has 2 aromatic rings. The predicted molar refractivity (Wildman–Crippen MR) is 83.8 cm³/mol. The van der Waals surface area contributed by atoms with E-state index in [0.717, 1.165) is 28.4 Å². The summed E-state index contributed by atoms with van der Waals surface area (Å²) in [5, 5.41) is 4.64. The third kappa shape index (κ3) is 2.29. The number of benzene rings is 1. The minimum Gasteiger partial charge on any atom is -0.397 e. The number of nitrogens with one attached hydrogen (secondary N) is 1. The van der Waals surface area contributed by atoms with Gasteiger partial charge in [0.05, 0.1) is 26.6 Å². The summed E-state index contributed by atoms with van der Waals surface area (Å²) in [6, 6.07) is 4.14. The van der Waals surface area contributed by atoms with E-state index in [0.29, 0.717) is 5.41 Å². The summed E-state index contributed by atoms with van der Waals surface area (Å²) in [5.74, 6) is 0. The molecule has 0 radical (unpaired) electrons. The summed E-state index contributed by atoms with van der Waals surface area (Å²) in [5.41, 5.74) is 9.57. The first-order valence-electron chi connectivity index (χ1n) is 7.02. The van der Waals surface area contributed by atoms with Crippen LogP contribution in [0.25, 0.3) is 10.2 Å². The van der Waals surface area contributed by atoms with E-state index in [-0.39, 0.29) is 0 Å². The molecular weight excluding hydrogens is 254 g/mol. The Morgan fingerprint density at radius 1 is 1.42 bits per heavy atom. The summed E-state index contributed by atoms with van der Waals surface area (Å²) in [6.45, 7) is 5.36. The van der Waals surface area contributed by atoms with Crippen molar-refractivity contribution in [3.63, 3.8) is 0 Å². The highest BCUT2D eigenvalue weighted by Gasteiger charge is 2.34. The van der Waals surface area contributed by atoms with Crippen molar-refractivity contribution >= 4 is 32.9 Å². The van der Waals surface area contributed by atoms with Crippen LogP contribution in [0.15, 0.2) is 12.1 Å². The molecule has 1 fully saturated rings. The Bertz CT molecular complexity index is 593. The van der Waals surface area contributed by atoms with Gasteiger partial charge in [0.15, 0.2) is 0 Å². The maximum Gasteiger partial charge on any atom is 0.0907 e. The number of aromatic nitrogens is 1. The van der Waals surface area contributed by atoms with Crippen LogP contribution in [0.4, 0.5) is 11.4 Å². The number of fused-ring (bicyclic) bond motifs is 1. The van der Waals surface area contributed by atoms with Crippen molar-refractivity contribution in [2.75, 3.05) is 17.6 Å². The second kappa shape index (κ2) is 4.67. The zero-order valence-corrected chi connectivity index (χ0v) is 12.4. The lowest BCUT2D eigenvalue weighted by molar-refractivity contribution is 0.145. The van der Waals surface area contributed by atoms with Gasteiger partial charge in [-0.2, -0.15) is 0 Å². The van der Waals surface area contributed by atoms with Crippen molar-refractivity contribution in [2.24, 2.45) is 5.41 Å². The van der Waals surface area contributed by atoms with Crippen molar-refractivity contribution < 1.29 is 0 Å². The topological polar surface area (TPSA) is 50.9 Å². The number of rotatable bonds is 4. The number of hydrogen-bond acceptors (Lipinski definition) is 4. The van der Waals surface area contributed by atoms with Gasteiger partial charge in [-0.05, 0) is 43.7 Å². The summed E-state index contributed by atoms with van der Waals surface area (Å²) in [7, 11) is 0. The standard InChI is InChI=1S/C15H21N3S/c1-3-15(5-4-6-15)9-17-12-8-13-14(7-11(12)16)19-10(2)18-13/h7-8,17H,3-6,9,16H2,1-2H3. The second-order valence-corrected chi connectivity index (χ2v) is 6.94. The maximum absolute atomic E-state index is 6.14. The molecule has 3 nitrogen and oxygen atoms in total. The van der Waals surface area contributed by atoms with E-state index in [4.69, 9.17) is 5.73 Å². The lowest BCUT2D eigenvalue weighted by atomic mass is 9.67. The molecule has 3 N–H and O–H groups in total. The molecule has 0 aliphatic heterocycles. The molecule has 1 aliphatic rings. The monoisotopic (exact) mass is 275 g/mol. The molecule has 0 unspecified atom stereocenters. The van der Waals surface area contributed by atoms with Gasteiger partial charge in [-0.15, -0.1) is 11.3 Å². The normalized spacial score (nSPS) is 17.4. The van der Waals surface area contributed by atoms with Gasteiger partial charge in [-0.1, -0.05) is 13.3 Å². The molecular formula is C15H21N3S. The first kappa shape index (κ1) is 12.7. The lowest BCUT2D eigenvalue weighted by Crippen LogP contribution is -2.35. The van der Waals surface area contributed by atoms with E-state index in [2.05, 4.69) is 23.3 Å². The SMILES string of the molecule is CCC1(CNc2cc3nc(C)sc3cc2N)CCC1. The van der Waals surface area contributed by atoms with Crippen LogP contribution < -0.4 is 11.1 Å². The number of hydrogen-bond donors (Lipinski definition) is 2. The van der Waals surface area contributed by atoms with Crippen LogP contribution in [-0.2, 0) is 0 Å². The zero-order valence-electron chi connectivity index (χ0n) is 11.6. The smallest absolute Gasteiger partial charge is 0.0907 e. The molecule has 0 bridgehead atoms. The van der Waals surface area contributed by atoms with Gasteiger partial charge in [0.25, 0.3) is 0 Å². The van der Waals surface area contributed by atoms with Crippen molar-refractivity contribution in [1.29, 1.82) is 0 Å². The van der Waals surface area contributed by atoms with Crippen molar-refractivity contribution in [1.82, 2.24) is 4.98 Å². The van der Waals surface area contributed by atoms with Crippen LogP contribution in [0.3, 0.4) is 0 Å². The number of nitrogen functional groups attached to an aromatic ring is 1. The maximum atomic E-state index is 6.14. The fourth-order valence-corrected chi connectivity index (χ4v) is 3.73. The minimum atomic E-state index is 0.499. The number of nitrogens with two attached hydrogens (primary N) is 1. The fourth-order valence-electron chi connectivity index (χ4n) is 2.87. The van der Waals surface area contributed by atoms with Crippen LogP contribution in [0, 0.1) is 12.3 Å². The van der Waals surface area contributed by atoms with Gasteiger partial charge in [-0.25, -0.2) is 4.98 Å². The Morgan fingerprint density at radius 3 is 2.84 bits per heavy atom. The molecule has 4 heteroatoms. The summed E-state index contributed by atoms with van der Waals surface area (Å²) < 4.78 is 1.18. The molecule has 102 valence electrons. The molecule has 0 spiro atoms. The van der Waals surface area contributed by atoms with E-state index >= 15 is 0 Å². The summed E-state index contributed by atoms with van der Waals surface area (Å²) in [4.78, 5) is 4.54. The number of aryl methyl sites for hydroxylation is 1. The van der Waals surface area contributed by atoms with E-state index < -0.39 is 0 Å². The Labute approximate surface area is 118 Å².